The summed E-state index contributed by atoms with van der Waals surface area (Å²) in [5.74, 6) is -0.164. The second-order valence-corrected chi connectivity index (χ2v) is 5.48. The standard InChI is InChI=1S/C16H22Cl2N2O4/c1-3-4-7-24-13-8-11(5-6-12(13)23-2)16(19-14(21)9-17)20-15(22)10-18/h5-6,8,16H,3-4,7,9-10H2,1-2H3,(H,19,21)(H,20,22). The van der Waals surface area contributed by atoms with Gasteiger partial charge in [-0.25, -0.2) is 0 Å². The van der Waals surface area contributed by atoms with E-state index >= 15 is 0 Å². The zero-order valence-electron chi connectivity index (χ0n) is 13.7. The minimum Gasteiger partial charge on any atom is -0.493 e. The van der Waals surface area contributed by atoms with Crippen LogP contribution in [-0.4, -0.2) is 37.3 Å². The molecule has 0 heterocycles. The quantitative estimate of drug-likeness (QED) is 0.373. The molecule has 0 aliphatic rings. The van der Waals surface area contributed by atoms with Gasteiger partial charge in [-0.3, -0.25) is 9.59 Å². The van der Waals surface area contributed by atoms with E-state index in [1.165, 1.54) is 0 Å². The third-order valence-electron chi connectivity index (χ3n) is 3.13. The van der Waals surface area contributed by atoms with Crippen molar-refractivity contribution in [3.8, 4) is 11.5 Å². The molecule has 0 fully saturated rings. The van der Waals surface area contributed by atoms with Crippen LogP contribution < -0.4 is 20.1 Å². The number of unbranched alkanes of at least 4 members (excludes halogenated alkanes) is 1. The molecule has 0 spiro atoms. The van der Waals surface area contributed by atoms with Crippen molar-refractivity contribution in [2.75, 3.05) is 25.5 Å². The molecule has 1 aromatic carbocycles. The summed E-state index contributed by atoms with van der Waals surface area (Å²) in [6.07, 6.45) is 1.15. The molecular weight excluding hydrogens is 355 g/mol. The lowest BCUT2D eigenvalue weighted by Crippen LogP contribution is -2.42. The molecule has 0 aromatic heterocycles. The zero-order chi connectivity index (χ0) is 17.9. The minimum atomic E-state index is -0.762. The van der Waals surface area contributed by atoms with Crippen molar-refractivity contribution in [1.29, 1.82) is 0 Å². The van der Waals surface area contributed by atoms with Crippen LogP contribution in [0, 0.1) is 0 Å². The van der Waals surface area contributed by atoms with Crippen molar-refractivity contribution in [3.05, 3.63) is 23.8 Å². The van der Waals surface area contributed by atoms with Crippen LogP contribution in [-0.2, 0) is 9.59 Å². The summed E-state index contributed by atoms with van der Waals surface area (Å²) in [7, 11) is 1.55. The normalized spacial score (nSPS) is 10.4. The first kappa shape index (κ1) is 20.4. The maximum Gasteiger partial charge on any atom is 0.236 e. The van der Waals surface area contributed by atoms with Crippen molar-refractivity contribution >= 4 is 35.0 Å². The van der Waals surface area contributed by atoms with Gasteiger partial charge in [-0.05, 0) is 24.1 Å². The van der Waals surface area contributed by atoms with E-state index in [0.29, 0.717) is 23.7 Å². The Morgan fingerprint density at radius 3 is 2.25 bits per heavy atom. The second kappa shape index (κ2) is 11.0. The van der Waals surface area contributed by atoms with E-state index in [1.807, 2.05) is 0 Å². The number of amides is 2. The number of hydrogen-bond donors (Lipinski definition) is 2. The van der Waals surface area contributed by atoms with Gasteiger partial charge in [0.15, 0.2) is 11.5 Å². The van der Waals surface area contributed by atoms with E-state index in [-0.39, 0.29) is 11.8 Å². The van der Waals surface area contributed by atoms with Gasteiger partial charge in [-0.1, -0.05) is 19.4 Å². The van der Waals surface area contributed by atoms with Crippen molar-refractivity contribution in [2.45, 2.75) is 25.9 Å². The molecule has 0 atom stereocenters. The summed E-state index contributed by atoms with van der Waals surface area (Å²) in [6, 6.07) is 5.14. The number of nitrogens with one attached hydrogen (secondary N) is 2. The SMILES string of the molecule is CCCCOc1cc(C(NC(=O)CCl)NC(=O)CCl)ccc1OC. The van der Waals surface area contributed by atoms with Gasteiger partial charge in [0.2, 0.25) is 11.8 Å². The summed E-state index contributed by atoms with van der Waals surface area (Å²) in [5.41, 5.74) is 0.624. The molecule has 0 bridgehead atoms. The Morgan fingerprint density at radius 2 is 1.75 bits per heavy atom. The summed E-state index contributed by atoms with van der Waals surface area (Å²) in [5, 5.41) is 5.24. The molecule has 2 N–H and O–H groups in total. The van der Waals surface area contributed by atoms with Gasteiger partial charge in [-0.15, -0.1) is 23.2 Å². The highest BCUT2D eigenvalue weighted by atomic mass is 35.5. The largest absolute Gasteiger partial charge is 0.493 e. The van der Waals surface area contributed by atoms with Crippen LogP contribution in [0.5, 0.6) is 11.5 Å². The minimum absolute atomic E-state index is 0.219. The predicted molar refractivity (Wildman–Crippen MR) is 93.9 cm³/mol. The Morgan fingerprint density at radius 1 is 1.12 bits per heavy atom. The average Bonchev–Trinajstić information content (AvgIpc) is 2.60. The fraction of sp³-hybridized carbons (Fsp3) is 0.500. The Kier molecular flexibility index (Phi) is 9.34. The average molecular weight is 377 g/mol. The fourth-order valence-electron chi connectivity index (χ4n) is 1.91. The fourth-order valence-corrected chi connectivity index (χ4v) is 2.07. The van der Waals surface area contributed by atoms with Crippen molar-refractivity contribution in [2.24, 2.45) is 0 Å². The van der Waals surface area contributed by atoms with Crippen LogP contribution in [0.1, 0.15) is 31.5 Å². The molecule has 2 amide bonds. The lowest BCUT2D eigenvalue weighted by atomic mass is 10.1. The van der Waals surface area contributed by atoms with Crippen LogP contribution >= 0.6 is 23.2 Å². The molecule has 0 aliphatic heterocycles. The Balaban J connectivity index is 3.04. The van der Waals surface area contributed by atoms with Gasteiger partial charge in [0.1, 0.15) is 17.9 Å². The molecule has 24 heavy (non-hydrogen) atoms. The maximum absolute atomic E-state index is 11.6. The van der Waals surface area contributed by atoms with Gasteiger partial charge in [0.25, 0.3) is 0 Å². The number of carbonyl (C=O) groups is 2. The number of carbonyl (C=O) groups excluding carboxylic acids is 2. The molecule has 1 aromatic rings. The van der Waals surface area contributed by atoms with Crippen molar-refractivity contribution in [1.82, 2.24) is 10.6 Å². The molecule has 6 nitrogen and oxygen atoms in total. The zero-order valence-corrected chi connectivity index (χ0v) is 15.2. The highest BCUT2D eigenvalue weighted by Crippen LogP contribution is 2.30. The van der Waals surface area contributed by atoms with Gasteiger partial charge >= 0.3 is 0 Å². The maximum atomic E-state index is 11.6. The van der Waals surface area contributed by atoms with E-state index in [2.05, 4.69) is 17.6 Å². The second-order valence-electron chi connectivity index (χ2n) is 4.95. The lowest BCUT2D eigenvalue weighted by molar-refractivity contribution is -0.122. The van der Waals surface area contributed by atoms with Crippen LogP contribution in [0.4, 0.5) is 0 Å². The summed E-state index contributed by atoms with van der Waals surface area (Å²) in [4.78, 5) is 23.2. The molecule has 0 radical (unpaired) electrons. The summed E-state index contributed by atoms with van der Waals surface area (Å²) >= 11 is 11.0. The number of rotatable bonds is 10. The van der Waals surface area contributed by atoms with Crippen LogP contribution in [0.15, 0.2) is 18.2 Å². The molecule has 134 valence electrons. The monoisotopic (exact) mass is 376 g/mol. The van der Waals surface area contributed by atoms with Gasteiger partial charge < -0.3 is 20.1 Å². The van der Waals surface area contributed by atoms with E-state index in [0.717, 1.165) is 12.8 Å². The topological polar surface area (TPSA) is 76.7 Å². The first-order chi connectivity index (χ1) is 11.5. The highest BCUT2D eigenvalue weighted by Gasteiger charge is 2.18. The van der Waals surface area contributed by atoms with E-state index < -0.39 is 18.0 Å². The van der Waals surface area contributed by atoms with Crippen molar-refractivity contribution in [3.63, 3.8) is 0 Å². The molecule has 1 rings (SSSR count). The number of benzene rings is 1. The Bertz CT molecular complexity index is 537. The molecule has 8 heteroatoms. The van der Waals surface area contributed by atoms with E-state index in [9.17, 15) is 9.59 Å². The van der Waals surface area contributed by atoms with Crippen LogP contribution in [0.2, 0.25) is 0 Å². The highest BCUT2D eigenvalue weighted by molar-refractivity contribution is 6.27. The number of ether oxygens (including phenoxy) is 2. The smallest absolute Gasteiger partial charge is 0.236 e. The number of hydrogen-bond acceptors (Lipinski definition) is 4. The summed E-state index contributed by atoms with van der Waals surface area (Å²) < 4.78 is 11.0. The Labute approximate surface area is 151 Å². The van der Waals surface area contributed by atoms with Gasteiger partial charge in [0, 0.05) is 0 Å². The van der Waals surface area contributed by atoms with Gasteiger partial charge in [-0.2, -0.15) is 0 Å². The first-order valence-corrected chi connectivity index (χ1v) is 8.64. The third-order valence-corrected chi connectivity index (χ3v) is 3.62. The van der Waals surface area contributed by atoms with E-state index in [1.54, 1.807) is 25.3 Å². The third kappa shape index (κ3) is 6.45. The predicted octanol–water partition coefficient (Wildman–Crippen LogP) is 2.58. The van der Waals surface area contributed by atoms with E-state index in [4.69, 9.17) is 32.7 Å². The first-order valence-electron chi connectivity index (χ1n) is 7.57. The molecule has 0 saturated carbocycles. The lowest BCUT2D eigenvalue weighted by Gasteiger charge is -2.21. The molecule has 0 unspecified atom stereocenters. The Hall–Kier alpha value is -1.66. The number of halogens is 2. The van der Waals surface area contributed by atoms with Crippen molar-refractivity contribution < 1.29 is 19.1 Å². The molecule has 0 saturated heterocycles. The van der Waals surface area contributed by atoms with Crippen LogP contribution in [0.25, 0.3) is 0 Å². The summed E-state index contributed by atoms with van der Waals surface area (Å²) in [6.45, 7) is 2.61. The molecular formula is C16H22Cl2N2O4. The number of methoxy groups -OCH3 is 1. The molecule has 0 aliphatic carbocycles. The number of alkyl halides is 2. The van der Waals surface area contributed by atoms with Gasteiger partial charge in [0.05, 0.1) is 13.7 Å². The van der Waals surface area contributed by atoms with Crippen LogP contribution in [0.3, 0.4) is 0 Å².